The van der Waals surface area contributed by atoms with Crippen molar-refractivity contribution < 1.29 is 9.13 Å². The van der Waals surface area contributed by atoms with E-state index in [2.05, 4.69) is 0 Å². The van der Waals surface area contributed by atoms with E-state index in [4.69, 9.17) is 4.74 Å². The summed E-state index contributed by atoms with van der Waals surface area (Å²) in [7, 11) is 1.49. The van der Waals surface area contributed by atoms with E-state index >= 15 is 0 Å². The van der Waals surface area contributed by atoms with Gasteiger partial charge in [-0.1, -0.05) is 19.1 Å². The molecule has 0 fully saturated rings. The summed E-state index contributed by atoms with van der Waals surface area (Å²) in [6, 6.07) is 0. The zero-order valence-electron chi connectivity index (χ0n) is 6.17. The van der Waals surface area contributed by atoms with Gasteiger partial charge in [0.05, 0.1) is 7.11 Å². The molecule has 0 N–H and O–H groups in total. The minimum absolute atomic E-state index is 0.0556. The molecule has 0 saturated carbocycles. The minimum atomic E-state index is -0.963. The molecule has 0 amide bonds. The molecule has 0 spiro atoms. The molecule has 10 heavy (non-hydrogen) atoms. The third-order valence-corrected chi connectivity index (χ3v) is 1.64. The molecule has 0 radical (unpaired) electrons. The lowest BCUT2D eigenvalue weighted by Crippen LogP contribution is -2.16. The molecule has 2 heteroatoms. The molecular weight excluding hydrogens is 131 g/mol. The molecule has 1 aliphatic carbocycles. The molecule has 0 aliphatic heterocycles. The fourth-order valence-corrected chi connectivity index (χ4v) is 0.955. The first-order chi connectivity index (χ1) is 4.75. The van der Waals surface area contributed by atoms with Gasteiger partial charge in [0, 0.05) is 5.92 Å². The maximum absolute atomic E-state index is 13.0. The Morgan fingerprint density at radius 2 is 2.30 bits per heavy atom. The molecule has 1 aliphatic rings. The van der Waals surface area contributed by atoms with Crippen LogP contribution in [0.1, 0.15) is 6.92 Å². The molecule has 2 unspecified atom stereocenters. The highest BCUT2D eigenvalue weighted by Crippen LogP contribution is 2.22. The van der Waals surface area contributed by atoms with Crippen molar-refractivity contribution in [3.05, 3.63) is 24.0 Å². The Morgan fingerprint density at radius 3 is 2.80 bits per heavy atom. The summed E-state index contributed by atoms with van der Waals surface area (Å²) in [6.45, 7) is 1.83. The van der Waals surface area contributed by atoms with E-state index in [1.807, 2.05) is 19.1 Å². The summed E-state index contributed by atoms with van der Waals surface area (Å²) in [6.07, 6.45) is 4.34. The Labute approximate surface area is 60.2 Å². The molecule has 0 bridgehead atoms. The van der Waals surface area contributed by atoms with Crippen LogP contribution in [0.4, 0.5) is 4.39 Å². The molecule has 2 atom stereocenters. The van der Waals surface area contributed by atoms with Crippen molar-refractivity contribution in [1.82, 2.24) is 0 Å². The maximum atomic E-state index is 13.0. The summed E-state index contributed by atoms with van der Waals surface area (Å²) >= 11 is 0. The standard InChI is InChI=1S/C8H11FO/c1-6-4-3-5-7(10-2)8(6)9/h3-6,8H,1-2H3. The Bertz CT molecular complexity index is 172. The van der Waals surface area contributed by atoms with Gasteiger partial charge in [-0.15, -0.1) is 0 Å². The topological polar surface area (TPSA) is 9.23 Å². The average Bonchev–Trinajstić information content (AvgIpc) is 1.95. The third-order valence-electron chi connectivity index (χ3n) is 1.64. The molecule has 0 aromatic rings. The molecule has 0 aromatic carbocycles. The van der Waals surface area contributed by atoms with Gasteiger partial charge in [0.1, 0.15) is 5.76 Å². The number of hydrogen-bond acceptors (Lipinski definition) is 1. The van der Waals surface area contributed by atoms with Crippen molar-refractivity contribution >= 4 is 0 Å². The Morgan fingerprint density at radius 1 is 1.60 bits per heavy atom. The second-order valence-electron chi connectivity index (χ2n) is 2.42. The van der Waals surface area contributed by atoms with Crippen LogP contribution in [-0.4, -0.2) is 13.3 Å². The van der Waals surface area contributed by atoms with Gasteiger partial charge in [-0.2, -0.15) is 0 Å². The molecule has 0 saturated heterocycles. The summed E-state index contributed by atoms with van der Waals surface area (Å²) in [4.78, 5) is 0. The van der Waals surface area contributed by atoms with Crippen molar-refractivity contribution in [3.63, 3.8) is 0 Å². The van der Waals surface area contributed by atoms with E-state index in [-0.39, 0.29) is 5.92 Å². The quantitative estimate of drug-likeness (QED) is 0.544. The monoisotopic (exact) mass is 142 g/mol. The summed E-state index contributed by atoms with van der Waals surface area (Å²) < 4.78 is 17.8. The maximum Gasteiger partial charge on any atom is 0.163 e. The molecule has 0 heterocycles. The lowest BCUT2D eigenvalue weighted by atomic mass is 10.00. The molecular formula is C8H11FO. The summed E-state index contributed by atoms with van der Waals surface area (Å²) in [5.41, 5.74) is 0. The van der Waals surface area contributed by atoms with Crippen molar-refractivity contribution in [3.8, 4) is 0 Å². The minimum Gasteiger partial charge on any atom is -0.498 e. The van der Waals surface area contributed by atoms with Crippen molar-refractivity contribution in [2.45, 2.75) is 13.1 Å². The summed E-state index contributed by atoms with van der Waals surface area (Å²) in [5, 5.41) is 0. The average molecular weight is 142 g/mol. The number of alkyl halides is 1. The van der Waals surface area contributed by atoms with Gasteiger partial charge in [-0.25, -0.2) is 4.39 Å². The molecule has 1 rings (SSSR count). The predicted octanol–water partition coefficient (Wildman–Crippen LogP) is 2.06. The second kappa shape index (κ2) is 2.86. The fraction of sp³-hybridized carbons (Fsp3) is 0.500. The van der Waals surface area contributed by atoms with Crippen LogP contribution in [0.2, 0.25) is 0 Å². The van der Waals surface area contributed by atoms with E-state index < -0.39 is 6.17 Å². The molecule has 0 aromatic heterocycles. The first-order valence-corrected chi connectivity index (χ1v) is 3.32. The van der Waals surface area contributed by atoms with Crippen LogP contribution < -0.4 is 0 Å². The Balaban J connectivity index is 2.71. The predicted molar refractivity (Wildman–Crippen MR) is 38.3 cm³/mol. The van der Waals surface area contributed by atoms with Crippen LogP contribution in [0.15, 0.2) is 24.0 Å². The Hall–Kier alpha value is -0.790. The SMILES string of the molecule is COC1=CC=CC(C)C1F. The molecule has 56 valence electrons. The van der Waals surface area contributed by atoms with Crippen LogP contribution >= 0.6 is 0 Å². The van der Waals surface area contributed by atoms with Crippen LogP contribution in [0.3, 0.4) is 0 Å². The number of halogens is 1. The fourth-order valence-electron chi connectivity index (χ4n) is 0.955. The van der Waals surface area contributed by atoms with Gasteiger partial charge in [-0.3, -0.25) is 0 Å². The number of hydrogen-bond donors (Lipinski definition) is 0. The highest BCUT2D eigenvalue weighted by atomic mass is 19.1. The lowest BCUT2D eigenvalue weighted by Gasteiger charge is -2.18. The lowest BCUT2D eigenvalue weighted by molar-refractivity contribution is 0.178. The molecule has 1 nitrogen and oxygen atoms in total. The van der Waals surface area contributed by atoms with E-state index in [0.717, 1.165) is 0 Å². The van der Waals surface area contributed by atoms with E-state index in [1.54, 1.807) is 6.08 Å². The number of allylic oxidation sites excluding steroid dienone is 4. The number of ether oxygens (including phenoxy) is 1. The van der Waals surface area contributed by atoms with Crippen LogP contribution in [-0.2, 0) is 4.74 Å². The first-order valence-electron chi connectivity index (χ1n) is 3.32. The van der Waals surface area contributed by atoms with Gasteiger partial charge < -0.3 is 4.74 Å². The van der Waals surface area contributed by atoms with Gasteiger partial charge in [0.25, 0.3) is 0 Å². The van der Waals surface area contributed by atoms with E-state index in [0.29, 0.717) is 5.76 Å². The normalized spacial score (nSPS) is 31.7. The van der Waals surface area contributed by atoms with Crippen molar-refractivity contribution in [2.75, 3.05) is 7.11 Å². The van der Waals surface area contributed by atoms with Gasteiger partial charge in [0.2, 0.25) is 0 Å². The largest absolute Gasteiger partial charge is 0.498 e. The van der Waals surface area contributed by atoms with Crippen LogP contribution in [0, 0.1) is 5.92 Å². The highest BCUT2D eigenvalue weighted by molar-refractivity contribution is 5.19. The first kappa shape index (κ1) is 7.32. The third kappa shape index (κ3) is 1.20. The van der Waals surface area contributed by atoms with E-state index in [9.17, 15) is 4.39 Å². The van der Waals surface area contributed by atoms with Crippen molar-refractivity contribution in [2.24, 2.45) is 5.92 Å². The highest BCUT2D eigenvalue weighted by Gasteiger charge is 2.21. The zero-order chi connectivity index (χ0) is 7.56. The second-order valence-corrected chi connectivity index (χ2v) is 2.42. The number of rotatable bonds is 1. The Kier molecular flexibility index (Phi) is 2.10. The van der Waals surface area contributed by atoms with Gasteiger partial charge in [0.15, 0.2) is 6.17 Å². The zero-order valence-corrected chi connectivity index (χ0v) is 6.17. The van der Waals surface area contributed by atoms with Gasteiger partial charge >= 0.3 is 0 Å². The number of methoxy groups -OCH3 is 1. The smallest absolute Gasteiger partial charge is 0.163 e. The van der Waals surface area contributed by atoms with Crippen LogP contribution in [0.25, 0.3) is 0 Å². The summed E-state index contributed by atoms with van der Waals surface area (Å²) in [5.74, 6) is 0.370. The van der Waals surface area contributed by atoms with Gasteiger partial charge in [-0.05, 0) is 6.08 Å². The van der Waals surface area contributed by atoms with E-state index in [1.165, 1.54) is 7.11 Å². The van der Waals surface area contributed by atoms with Crippen LogP contribution in [0.5, 0.6) is 0 Å². The van der Waals surface area contributed by atoms with Crippen molar-refractivity contribution in [1.29, 1.82) is 0 Å².